The summed E-state index contributed by atoms with van der Waals surface area (Å²) in [5, 5.41) is 5.80. The molecule has 0 aromatic heterocycles. The zero-order chi connectivity index (χ0) is 8.81. The lowest BCUT2D eigenvalue weighted by molar-refractivity contribution is -0.120. The van der Waals surface area contributed by atoms with E-state index in [0.717, 1.165) is 12.5 Å². The highest BCUT2D eigenvalue weighted by Crippen LogP contribution is 2.27. The molecule has 4 nitrogen and oxygen atoms in total. The first-order valence-electron chi connectivity index (χ1n) is 4.50. The summed E-state index contributed by atoms with van der Waals surface area (Å²) in [5.41, 5.74) is 5.25. The van der Waals surface area contributed by atoms with Crippen LogP contribution in [0.5, 0.6) is 0 Å². The van der Waals surface area contributed by atoms with E-state index in [2.05, 4.69) is 10.6 Å². The van der Waals surface area contributed by atoms with Crippen LogP contribution < -0.4 is 16.4 Å². The molecular weight excluding hydrogens is 154 g/mol. The summed E-state index contributed by atoms with van der Waals surface area (Å²) in [4.78, 5) is 11.0. The summed E-state index contributed by atoms with van der Waals surface area (Å²) >= 11 is 0. The molecule has 0 atom stereocenters. The fourth-order valence-electron chi connectivity index (χ4n) is 0.947. The molecule has 0 saturated heterocycles. The minimum Gasteiger partial charge on any atom is -0.355 e. The smallest absolute Gasteiger partial charge is 0.233 e. The van der Waals surface area contributed by atoms with Gasteiger partial charge in [-0.1, -0.05) is 0 Å². The van der Waals surface area contributed by atoms with Gasteiger partial charge in [0.15, 0.2) is 0 Å². The van der Waals surface area contributed by atoms with Crippen molar-refractivity contribution in [3.8, 4) is 0 Å². The minimum absolute atomic E-state index is 0.0790. The first-order valence-corrected chi connectivity index (χ1v) is 4.50. The van der Waals surface area contributed by atoms with Crippen molar-refractivity contribution in [2.45, 2.75) is 12.8 Å². The molecule has 0 aromatic carbocycles. The molecule has 70 valence electrons. The van der Waals surface area contributed by atoms with E-state index in [1.54, 1.807) is 0 Å². The second-order valence-corrected chi connectivity index (χ2v) is 3.21. The van der Waals surface area contributed by atoms with Gasteiger partial charge in [-0.3, -0.25) is 4.79 Å². The van der Waals surface area contributed by atoms with Crippen LogP contribution in [0.3, 0.4) is 0 Å². The third-order valence-corrected chi connectivity index (χ3v) is 1.89. The maximum Gasteiger partial charge on any atom is 0.233 e. The maximum absolute atomic E-state index is 11.0. The molecule has 0 aromatic rings. The van der Waals surface area contributed by atoms with Gasteiger partial charge in [0, 0.05) is 19.6 Å². The Morgan fingerprint density at radius 1 is 1.50 bits per heavy atom. The molecule has 0 aliphatic heterocycles. The van der Waals surface area contributed by atoms with Crippen molar-refractivity contribution in [3.63, 3.8) is 0 Å². The van der Waals surface area contributed by atoms with Gasteiger partial charge in [0.1, 0.15) is 0 Å². The van der Waals surface area contributed by atoms with Gasteiger partial charge >= 0.3 is 0 Å². The highest BCUT2D eigenvalue weighted by molar-refractivity contribution is 5.77. The van der Waals surface area contributed by atoms with E-state index in [-0.39, 0.29) is 5.91 Å². The standard InChI is InChI=1S/C8H17N3O/c9-3-4-10-6-8(12)11-5-7-1-2-7/h7,10H,1-6,9H2,(H,11,12). The van der Waals surface area contributed by atoms with E-state index in [9.17, 15) is 4.79 Å². The molecule has 1 fully saturated rings. The molecule has 0 heterocycles. The van der Waals surface area contributed by atoms with Gasteiger partial charge < -0.3 is 16.4 Å². The van der Waals surface area contributed by atoms with Crippen molar-refractivity contribution in [3.05, 3.63) is 0 Å². The van der Waals surface area contributed by atoms with Crippen LogP contribution in [0.25, 0.3) is 0 Å². The van der Waals surface area contributed by atoms with Crippen molar-refractivity contribution < 1.29 is 4.79 Å². The van der Waals surface area contributed by atoms with Crippen LogP contribution in [0.4, 0.5) is 0 Å². The van der Waals surface area contributed by atoms with E-state index in [1.807, 2.05) is 0 Å². The molecule has 1 aliphatic rings. The Morgan fingerprint density at radius 3 is 2.83 bits per heavy atom. The van der Waals surface area contributed by atoms with Crippen molar-refractivity contribution >= 4 is 5.91 Å². The second-order valence-electron chi connectivity index (χ2n) is 3.21. The largest absolute Gasteiger partial charge is 0.355 e. The topological polar surface area (TPSA) is 67.1 Å². The Morgan fingerprint density at radius 2 is 2.25 bits per heavy atom. The van der Waals surface area contributed by atoms with Gasteiger partial charge in [-0.15, -0.1) is 0 Å². The van der Waals surface area contributed by atoms with Gasteiger partial charge in [-0.25, -0.2) is 0 Å². The summed E-state index contributed by atoms with van der Waals surface area (Å²) in [5.74, 6) is 0.832. The Kier molecular flexibility index (Phi) is 4.04. The number of rotatable bonds is 6. The van der Waals surface area contributed by atoms with Gasteiger partial charge in [0.05, 0.1) is 6.54 Å². The SMILES string of the molecule is NCCNCC(=O)NCC1CC1. The molecule has 1 amide bonds. The Bertz CT molecular complexity index is 145. The Labute approximate surface area is 72.9 Å². The lowest BCUT2D eigenvalue weighted by Crippen LogP contribution is -2.36. The Hall–Kier alpha value is -0.610. The number of carbonyl (C=O) groups excluding carboxylic acids is 1. The quantitative estimate of drug-likeness (QED) is 0.452. The van der Waals surface area contributed by atoms with Crippen LogP contribution in [0.15, 0.2) is 0 Å². The molecule has 12 heavy (non-hydrogen) atoms. The molecule has 4 heteroatoms. The van der Waals surface area contributed by atoms with Crippen LogP contribution in [-0.4, -0.2) is 32.1 Å². The molecular formula is C8H17N3O. The fourth-order valence-corrected chi connectivity index (χ4v) is 0.947. The van der Waals surface area contributed by atoms with Crippen LogP contribution >= 0.6 is 0 Å². The summed E-state index contributed by atoms with van der Waals surface area (Å²) < 4.78 is 0. The monoisotopic (exact) mass is 171 g/mol. The first kappa shape index (κ1) is 9.48. The average molecular weight is 171 g/mol. The maximum atomic E-state index is 11.0. The summed E-state index contributed by atoms with van der Waals surface area (Å²) in [6.45, 7) is 2.53. The predicted octanol–water partition coefficient (Wildman–Crippen LogP) is -0.939. The molecule has 1 rings (SSSR count). The highest BCUT2D eigenvalue weighted by Gasteiger charge is 2.21. The molecule has 0 spiro atoms. The van der Waals surface area contributed by atoms with Crippen molar-refractivity contribution in [2.24, 2.45) is 11.7 Å². The fraction of sp³-hybridized carbons (Fsp3) is 0.875. The van der Waals surface area contributed by atoms with E-state index in [4.69, 9.17) is 5.73 Å². The third-order valence-electron chi connectivity index (χ3n) is 1.89. The zero-order valence-corrected chi connectivity index (χ0v) is 7.31. The van der Waals surface area contributed by atoms with Crippen molar-refractivity contribution in [1.29, 1.82) is 0 Å². The van der Waals surface area contributed by atoms with Gasteiger partial charge in [0.2, 0.25) is 5.91 Å². The lowest BCUT2D eigenvalue weighted by Gasteiger charge is -2.04. The van der Waals surface area contributed by atoms with Crippen LogP contribution in [0.1, 0.15) is 12.8 Å². The number of amides is 1. The van der Waals surface area contributed by atoms with Gasteiger partial charge in [-0.05, 0) is 18.8 Å². The molecule has 0 bridgehead atoms. The van der Waals surface area contributed by atoms with Crippen molar-refractivity contribution in [2.75, 3.05) is 26.2 Å². The van der Waals surface area contributed by atoms with Gasteiger partial charge in [0.25, 0.3) is 0 Å². The highest BCUT2D eigenvalue weighted by atomic mass is 16.1. The minimum atomic E-state index is 0.0790. The predicted molar refractivity (Wildman–Crippen MR) is 47.7 cm³/mol. The third kappa shape index (κ3) is 4.31. The Balaban J connectivity index is 1.88. The molecule has 1 saturated carbocycles. The van der Waals surface area contributed by atoms with Crippen LogP contribution in [0.2, 0.25) is 0 Å². The first-order chi connectivity index (χ1) is 5.83. The summed E-state index contributed by atoms with van der Waals surface area (Å²) in [6.07, 6.45) is 2.55. The number of carbonyl (C=O) groups is 1. The van der Waals surface area contributed by atoms with Crippen molar-refractivity contribution in [1.82, 2.24) is 10.6 Å². The summed E-state index contributed by atoms with van der Waals surface area (Å²) in [6, 6.07) is 0. The molecule has 0 radical (unpaired) electrons. The second kappa shape index (κ2) is 5.11. The number of nitrogens with one attached hydrogen (secondary N) is 2. The normalized spacial score (nSPS) is 16.1. The average Bonchev–Trinajstić information content (AvgIpc) is 2.84. The molecule has 4 N–H and O–H groups in total. The molecule has 0 unspecified atom stereocenters. The lowest BCUT2D eigenvalue weighted by atomic mass is 10.4. The number of hydrogen-bond acceptors (Lipinski definition) is 3. The van der Waals surface area contributed by atoms with E-state index >= 15 is 0 Å². The number of nitrogens with two attached hydrogens (primary N) is 1. The zero-order valence-electron chi connectivity index (χ0n) is 7.31. The van der Waals surface area contributed by atoms with E-state index in [0.29, 0.717) is 19.6 Å². The summed E-state index contributed by atoms with van der Waals surface area (Å²) in [7, 11) is 0. The number of hydrogen-bond donors (Lipinski definition) is 3. The van der Waals surface area contributed by atoms with Gasteiger partial charge in [-0.2, -0.15) is 0 Å². The van der Waals surface area contributed by atoms with E-state index in [1.165, 1.54) is 12.8 Å². The van der Waals surface area contributed by atoms with Crippen LogP contribution in [-0.2, 0) is 4.79 Å². The molecule has 1 aliphatic carbocycles. The van der Waals surface area contributed by atoms with E-state index < -0.39 is 0 Å². The van der Waals surface area contributed by atoms with Crippen LogP contribution in [0, 0.1) is 5.92 Å².